The summed E-state index contributed by atoms with van der Waals surface area (Å²) in [5.41, 5.74) is 4.41. The molecule has 2 heterocycles. The van der Waals surface area contributed by atoms with E-state index in [0.717, 1.165) is 44.0 Å². The van der Waals surface area contributed by atoms with Crippen molar-refractivity contribution in [1.82, 2.24) is 19.4 Å². The summed E-state index contributed by atoms with van der Waals surface area (Å²) in [6.07, 6.45) is 2.73. The van der Waals surface area contributed by atoms with E-state index in [1.807, 2.05) is 10.7 Å². The molecule has 1 saturated heterocycles. The molecule has 0 saturated carbocycles. The second-order valence-electron chi connectivity index (χ2n) is 11.0. The van der Waals surface area contributed by atoms with Gasteiger partial charge in [-0.2, -0.15) is 14.9 Å². The third-order valence-electron chi connectivity index (χ3n) is 7.48. The lowest BCUT2D eigenvalue weighted by atomic mass is 9.96. The van der Waals surface area contributed by atoms with E-state index in [-0.39, 0.29) is 5.92 Å². The van der Waals surface area contributed by atoms with Gasteiger partial charge in [0.15, 0.2) is 5.82 Å². The zero-order chi connectivity index (χ0) is 28.9. The Kier molecular flexibility index (Phi) is 9.60. The molecule has 0 aliphatic carbocycles. The van der Waals surface area contributed by atoms with Crippen LogP contribution in [0.5, 0.6) is 0 Å². The van der Waals surface area contributed by atoms with Gasteiger partial charge in [-0.3, -0.25) is 4.90 Å². The lowest BCUT2D eigenvalue weighted by molar-refractivity contribution is 0.194. The molecule has 0 bridgehead atoms. The van der Waals surface area contributed by atoms with Crippen molar-refractivity contribution in [2.24, 2.45) is 11.0 Å². The molecule has 1 atom stereocenters. The number of anilines is 1. The molecule has 0 amide bonds. The Morgan fingerprint density at radius 1 is 0.878 bits per heavy atom. The molecule has 3 aromatic carbocycles. The standard InChI is InChI=1S/C32H36Cl2N6S/c1-23(2)20-25-12-14-26(15-13-25)24(3)31-36-39(22-37-16-18-38(19-17-37)27-8-5-4-6-9-27)32(41)40(31)35-21-28-29(33)10-7-11-30(28)34/h4-15,21,23-24H,16-20,22H2,1-3H3/b35-21+. The number of halogens is 2. The normalized spacial score (nSPS) is 15.2. The number of piperazine rings is 1. The van der Waals surface area contributed by atoms with Gasteiger partial charge in [-0.1, -0.05) is 92.5 Å². The molecule has 0 radical (unpaired) electrons. The van der Waals surface area contributed by atoms with Gasteiger partial charge in [-0.05, 0) is 59.9 Å². The minimum atomic E-state index is -0.0279. The molecular formula is C32H36Cl2N6S. The third kappa shape index (κ3) is 7.09. The first kappa shape index (κ1) is 29.5. The Morgan fingerprint density at radius 3 is 2.17 bits per heavy atom. The maximum atomic E-state index is 6.43. The van der Waals surface area contributed by atoms with Crippen molar-refractivity contribution in [1.29, 1.82) is 0 Å². The van der Waals surface area contributed by atoms with Crippen molar-refractivity contribution < 1.29 is 0 Å². The molecule has 4 aromatic rings. The van der Waals surface area contributed by atoms with Crippen LogP contribution in [0.2, 0.25) is 10.0 Å². The van der Waals surface area contributed by atoms with E-state index < -0.39 is 0 Å². The quantitative estimate of drug-likeness (QED) is 0.144. The first-order valence-corrected chi connectivity index (χ1v) is 15.3. The fourth-order valence-corrected chi connectivity index (χ4v) is 5.91. The lowest BCUT2D eigenvalue weighted by Crippen LogP contribution is -2.47. The van der Waals surface area contributed by atoms with Crippen LogP contribution in [0.15, 0.2) is 77.9 Å². The first-order valence-electron chi connectivity index (χ1n) is 14.1. The van der Waals surface area contributed by atoms with Crippen LogP contribution in [0.25, 0.3) is 0 Å². The minimum Gasteiger partial charge on any atom is -0.369 e. The van der Waals surface area contributed by atoms with E-state index in [1.54, 1.807) is 23.0 Å². The molecule has 1 unspecified atom stereocenters. The van der Waals surface area contributed by atoms with Crippen LogP contribution in [0.3, 0.4) is 0 Å². The third-order valence-corrected chi connectivity index (χ3v) is 8.53. The SMILES string of the molecule is CC(C)Cc1ccc(C(C)c2nn(CN3CCN(c4ccccc4)CC3)c(=S)n2/N=C/c2c(Cl)cccc2Cl)cc1. The summed E-state index contributed by atoms with van der Waals surface area (Å²) in [5, 5.41) is 10.9. The maximum absolute atomic E-state index is 6.43. The zero-order valence-corrected chi connectivity index (χ0v) is 26.1. The van der Waals surface area contributed by atoms with Crippen molar-refractivity contribution in [3.8, 4) is 0 Å². The molecule has 0 spiro atoms. The van der Waals surface area contributed by atoms with Crippen LogP contribution in [0.1, 0.15) is 49.2 Å². The lowest BCUT2D eigenvalue weighted by Gasteiger charge is -2.35. The number of hydrogen-bond acceptors (Lipinski definition) is 5. The van der Waals surface area contributed by atoms with Crippen molar-refractivity contribution >= 4 is 47.3 Å². The fourth-order valence-electron chi connectivity index (χ4n) is 5.17. The zero-order valence-electron chi connectivity index (χ0n) is 23.8. The van der Waals surface area contributed by atoms with Crippen LogP contribution < -0.4 is 4.90 Å². The number of benzene rings is 3. The van der Waals surface area contributed by atoms with Gasteiger partial charge in [-0.25, -0.2) is 4.68 Å². The summed E-state index contributed by atoms with van der Waals surface area (Å²) >= 11 is 18.8. The van der Waals surface area contributed by atoms with E-state index in [9.17, 15) is 0 Å². The Bertz CT molecular complexity index is 1520. The number of para-hydroxylation sites is 1. The molecule has 6 nitrogen and oxygen atoms in total. The van der Waals surface area contributed by atoms with Gasteiger partial charge < -0.3 is 4.90 Å². The highest BCUT2D eigenvalue weighted by atomic mass is 35.5. The summed E-state index contributed by atoms with van der Waals surface area (Å²) in [5.74, 6) is 1.35. The highest BCUT2D eigenvalue weighted by Gasteiger charge is 2.22. The predicted molar refractivity (Wildman–Crippen MR) is 173 cm³/mol. The Morgan fingerprint density at radius 2 is 1.54 bits per heavy atom. The molecule has 1 aliphatic heterocycles. The predicted octanol–water partition coefficient (Wildman–Crippen LogP) is 7.73. The highest BCUT2D eigenvalue weighted by molar-refractivity contribution is 7.71. The maximum Gasteiger partial charge on any atom is 0.220 e. The van der Waals surface area contributed by atoms with Crippen LogP contribution in [0, 0.1) is 10.7 Å². The second-order valence-corrected chi connectivity index (χ2v) is 12.2. The smallest absolute Gasteiger partial charge is 0.220 e. The average molecular weight is 608 g/mol. The van der Waals surface area contributed by atoms with E-state index in [4.69, 9.17) is 45.6 Å². The highest BCUT2D eigenvalue weighted by Crippen LogP contribution is 2.26. The first-order chi connectivity index (χ1) is 19.8. The molecular weight excluding hydrogens is 571 g/mol. The van der Waals surface area contributed by atoms with Crippen LogP contribution in [-0.2, 0) is 13.1 Å². The Balaban J connectivity index is 1.42. The topological polar surface area (TPSA) is 41.6 Å². The van der Waals surface area contributed by atoms with Gasteiger partial charge in [0.05, 0.1) is 22.9 Å². The van der Waals surface area contributed by atoms with Crippen molar-refractivity contribution in [3.63, 3.8) is 0 Å². The van der Waals surface area contributed by atoms with Gasteiger partial charge in [0.1, 0.15) is 0 Å². The molecule has 1 aromatic heterocycles. The van der Waals surface area contributed by atoms with E-state index in [0.29, 0.717) is 33.0 Å². The number of aromatic nitrogens is 3. The molecule has 5 rings (SSSR count). The molecule has 41 heavy (non-hydrogen) atoms. The monoisotopic (exact) mass is 606 g/mol. The average Bonchev–Trinajstić information content (AvgIpc) is 3.28. The van der Waals surface area contributed by atoms with E-state index in [2.05, 4.69) is 85.2 Å². The summed E-state index contributed by atoms with van der Waals surface area (Å²) < 4.78 is 4.17. The largest absolute Gasteiger partial charge is 0.369 e. The van der Waals surface area contributed by atoms with Gasteiger partial charge >= 0.3 is 0 Å². The fraction of sp³-hybridized carbons (Fsp3) is 0.344. The van der Waals surface area contributed by atoms with Crippen molar-refractivity contribution in [3.05, 3.63) is 110 Å². The summed E-state index contributed by atoms with van der Waals surface area (Å²) in [7, 11) is 0. The summed E-state index contributed by atoms with van der Waals surface area (Å²) in [4.78, 5) is 4.80. The van der Waals surface area contributed by atoms with Crippen molar-refractivity contribution in [2.45, 2.75) is 39.8 Å². The van der Waals surface area contributed by atoms with Crippen LogP contribution >= 0.6 is 35.4 Å². The van der Waals surface area contributed by atoms with Gasteiger partial charge in [0.25, 0.3) is 0 Å². The van der Waals surface area contributed by atoms with Gasteiger partial charge in [-0.15, -0.1) is 0 Å². The van der Waals surface area contributed by atoms with Gasteiger partial charge in [0.2, 0.25) is 4.77 Å². The molecule has 0 N–H and O–H groups in total. The number of hydrogen-bond donors (Lipinski definition) is 0. The van der Waals surface area contributed by atoms with Crippen LogP contribution in [0.4, 0.5) is 5.69 Å². The summed E-state index contributed by atoms with van der Waals surface area (Å²) in [6, 6.07) is 24.8. The minimum absolute atomic E-state index is 0.0279. The van der Waals surface area contributed by atoms with Crippen LogP contribution in [-0.4, -0.2) is 51.8 Å². The molecule has 1 aliphatic rings. The summed E-state index contributed by atoms with van der Waals surface area (Å²) in [6.45, 7) is 11.0. The van der Waals surface area contributed by atoms with Crippen molar-refractivity contribution in [2.75, 3.05) is 31.1 Å². The number of rotatable bonds is 9. The molecule has 1 fully saturated rings. The number of nitrogens with zero attached hydrogens (tertiary/aromatic N) is 6. The van der Waals surface area contributed by atoms with Gasteiger partial charge in [0, 0.05) is 43.3 Å². The Hall–Kier alpha value is -2.97. The van der Waals surface area contributed by atoms with E-state index >= 15 is 0 Å². The Labute approximate surface area is 257 Å². The molecule has 9 heteroatoms. The van der Waals surface area contributed by atoms with E-state index in [1.165, 1.54) is 11.3 Å². The molecule has 214 valence electrons. The second kappa shape index (κ2) is 13.3.